The first-order valence-electron chi connectivity index (χ1n) is 11.4. The van der Waals surface area contributed by atoms with Crippen molar-refractivity contribution in [2.75, 3.05) is 13.6 Å². The Morgan fingerprint density at radius 1 is 1.03 bits per heavy atom. The van der Waals surface area contributed by atoms with E-state index in [0.717, 1.165) is 21.9 Å². The van der Waals surface area contributed by atoms with Crippen molar-refractivity contribution in [3.05, 3.63) is 64.7 Å². The number of likely N-dealkylation sites (N-methyl/N-ethyl adjacent to an activating group) is 1. The molecule has 2 aromatic carbocycles. The van der Waals surface area contributed by atoms with Crippen molar-refractivity contribution in [2.45, 2.75) is 64.1 Å². The van der Waals surface area contributed by atoms with E-state index in [-0.39, 0.29) is 23.4 Å². The normalized spacial score (nSPS) is 13.4. The van der Waals surface area contributed by atoms with E-state index in [1.54, 1.807) is 0 Å². The Hall–Kier alpha value is -2.42. The zero-order chi connectivity index (χ0) is 25.5. The SMILES string of the molecule is CC[C@@H](C)NC(=O)[C@@H](CC)N(Cc1ccccc1C)C(=O)CN(C)S(=O)(=O)c1ccc(Cl)cc1. The van der Waals surface area contributed by atoms with Crippen LogP contribution in [-0.4, -0.2) is 55.1 Å². The first-order valence-corrected chi connectivity index (χ1v) is 13.2. The lowest BCUT2D eigenvalue weighted by atomic mass is 10.1. The van der Waals surface area contributed by atoms with Crippen molar-refractivity contribution in [3.8, 4) is 0 Å². The van der Waals surface area contributed by atoms with E-state index < -0.39 is 28.5 Å². The molecule has 0 heterocycles. The Kier molecular flexibility index (Phi) is 10.1. The molecule has 2 rings (SSSR count). The van der Waals surface area contributed by atoms with Gasteiger partial charge in [0.05, 0.1) is 11.4 Å². The minimum atomic E-state index is -3.91. The summed E-state index contributed by atoms with van der Waals surface area (Å²) < 4.78 is 27.0. The van der Waals surface area contributed by atoms with Crippen LogP contribution in [0, 0.1) is 6.92 Å². The summed E-state index contributed by atoms with van der Waals surface area (Å²) >= 11 is 5.88. The van der Waals surface area contributed by atoms with Gasteiger partial charge in [0.15, 0.2) is 0 Å². The number of hydrogen-bond donors (Lipinski definition) is 1. The van der Waals surface area contributed by atoms with Crippen LogP contribution in [0.2, 0.25) is 5.02 Å². The predicted octanol–water partition coefficient (Wildman–Crippen LogP) is 3.99. The van der Waals surface area contributed by atoms with Crippen LogP contribution in [0.3, 0.4) is 0 Å². The highest BCUT2D eigenvalue weighted by Crippen LogP contribution is 2.20. The van der Waals surface area contributed by atoms with E-state index in [2.05, 4.69) is 5.32 Å². The summed E-state index contributed by atoms with van der Waals surface area (Å²) in [6.45, 7) is 7.46. The lowest BCUT2D eigenvalue weighted by molar-refractivity contribution is -0.141. The van der Waals surface area contributed by atoms with Crippen LogP contribution in [0.4, 0.5) is 0 Å². The molecule has 9 heteroatoms. The molecule has 7 nitrogen and oxygen atoms in total. The molecular formula is C25H34ClN3O4S. The molecule has 186 valence electrons. The number of nitrogens with zero attached hydrogens (tertiary/aromatic N) is 2. The third kappa shape index (κ3) is 7.04. The number of carbonyl (C=O) groups is 2. The topological polar surface area (TPSA) is 86.8 Å². The molecule has 0 fully saturated rings. The van der Waals surface area contributed by atoms with Crippen molar-refractivity contribution < 1.29 is 18.0 Å². The summed E-state index contributed by atoms with van der Waals surface area (Å²) in [6.07, 6.45) is 1.16. The summed E-state index contributed by atoms with van der Waals surface area (Å²) in [4.78, 5) is 28.1. The molecule has 0 radical (unpaired) electrons. The average Bonchev–Trinajstić information content (AvgIpc) is 2.80. The quantitative estimate of drug-likeness (QED) is 0.498. The number of amides is 2. The number of carbonyl (C=O) groups excluding carboxylic acids is 2. The molecule has 2 atom stereocenters. The van der Waals surface area contributed by atoms with Gasteiger partial charge in [0.1, 0.15) is 6.04 Å². The van der Waals surface area contributed by atoms with Gasteiger partial charge < -0.3 is 10.2 Å². The maximum atomic E-state index is 13.5. The van der Waals surface area contributed by atoms with Crippen LogP contribution in [-0.2, 0) is 26.2 Å². The summed E-state index contributed by atoms with van der Waals surface area (Å²) in [5, 5.41) is 3.37. The first-order chi connectivity index (χ1) is 16.0. The van der Waals surface area contributed by atoms with Crippen molar-refractivity contribution in [2.24, 2.45) is 0 Å². The first kappa shape index (κ1) is 27.8. The standard InChI is InChI=1S/C25H34ClN3O4S/c1-6-19(4)27-25(31)23(7-2)29(16-20-11-9-8-10-18(20)3)24(30)17-28(5)34(32,33)22-14-12-21(26)13-15-22/h8-15,19,23H,6-7,16-17H2,1-5H3,(H,27,31)/t19-,23-/m1/s1. The van der Waals surface area contributed by atoms with Crippen molar-refractivity contribution in [3.63, 3.8) is 0 Å². The van der Waals surface area contributed by atoms with E-state index >= 15 is 0 Å². The number of aryl methyl sites for hydroxylation is 1. The second-order valence-corrected chi connectivity index (χ2v) is 10.9. The summed E-state index contributed by atoms with van der Waals surface area (Å²) in [7, 11) is -2.56. The van der Waals surface area contributed by atoms with E-state index in [9.17, 15) is 18.0 Å². The van der Waals surface area contributed by atoms with E-state index in [0.29, 0.717) is 11.4 Å². The zero-order valence-corrected chi connectivity index (χ0v) is 22.0. The third-order valence-corrected chi connectivity index (χ3v) is 7.94. The molecule has 2 amide bonds. The van der Waals surface area contributed by atoms with Crippen LogP contribution in [0.5, 0.6) is 0 Å². The summed E-state index contributed by atoms with van der Waals surface area (Å²) in [6, 6.07) is 12.6. The van der Waals surface area contributed by atoms with Gasteiger partial charge in [-0.05, 0) is 62.1 Å². The monoisotopic (exact) mass is 507 g/mol. The molecule has 0 aliphatic rings. The maximum Gasteiger partial charge on any atom is 0.243 e. The number of halogens is 1. The van der Waals surface area contributed by atoms with Crippen molar-refractivity contribution in [1.82, 2.24) is 14.5 Å². The zero-order valence-electron chi connectivity index (χ0n) is 20.4. The Labute approximate surface area is 208 Å². The molecule has 0 saturated carbocycles. The Balaban J connectivity index is 2.34. The number of hydrogen-bond acceptors (Lipinski definition) is 4. The van der Waals surface area contributed by atoms with Gasteiger partial charge >= 0.3 is 0 Å². The molecule has 2 aromatic rings. The van der Waals surface area contributed by atoms with Gasteiger partial charge in [-0.25, -0.2) is 8.42 Å². The molecule has 0 aliphatic heterocycles. The van der Waals surface area contributed by atoms with Gasteiger partial charge in [0.2, 0.25) is 21.8 Å². The molecule has 1 N–H and O–H groups in total. The molecule has 0 saturated heterocycles. The smallest absolute Gasteiger partial charge is 0.243 e. The van der Waals surface area contributed by atoms with Crippen LogP contribution in [0.1, 0.15) is 44.7 Å². The highest BCUT2D eigenvalue weighted by molar-refractivity contribution is 7.89. The minimum absolute atomic E-state index is 0.0371. The van der Waals surface area contributed by atoms with Gasteiger partial charge in [-0.1, -0.05) is 49.7 Å². The molecule has 0 unspecified atom stereocenters. The highest BCUT2D eigenvalue weighted by Gasteiger charge is 2.32. The Morgan fingerprint density at radius 2 is 1.65 bits per heavy atom. The number of nitrogens with one attached hydrogen (secondary N) is 1. The Bertz CT molecular complexity index is 1090. The van der Waals surface area contributed by atoms with Crippen molar-refractivity contribution in [1.29, 1.82) is 0 Å². The van der Waals surface area contributed by atoms with Gasteiger partial charge in [0.25, 0.3) is 0 Å². The fourth-order valence-corrected chi connectivity index (χ4v) is 4.73. The number of benzene rings is 2. The van der Waals surface area contributed by atoms with Gasteiger partial charge in [0, 0.05) is 24.7 Å². The predicted molar refractivity (Wildman–Crippen MR) is 135 cm³/mol. The fraction of sp³-hybridized carbons (Fsp3) is 0.440. The van der Waals surface area contributed by atoms with E-state index in [1.807, 2.05) is 52.0 Å². The van der Waals surface area contributed by atoms with Crippen LogP contribution >= 0.6 is 11.6 Å². The maximum absolute atomic E-state index is 13.5. The third-order valence-electron chi connectivity index (χ3n) is 5.87. The molecule has 34 heavy (non-hydrogen) atoms. The molecule has 0 aliphatic carbocycles. The molecule has 0 spiro atoms. The lowest BCUT2D eigenvalue weighted by Gasteiger charge is -2.33. The number of rotatable bonds is 11. The largest absolute Gasteiger partial charge is 0.352 e. The second kappa shape index (κ2) is 12.3. The summed E-state index contributed by atoms with van der Waals surface area (Å²) in [5.74, 6) is -0.698. The lowest BCUT2D eigenvalue weighted by Crippen LogP contribution is -2.53. The van der Waals surface area contributed by atoms with Crippen LogP contribution in [0.25, 0.3) is 0 Å². The number of sulfonamides is 1. The van der Waals surface area contributed by atoms with Crippen LogP contribution < -0.4 is 5.32 Å². The van der Waals surface area contributed by atoms with Gasteiger partial charge in [-0.15, -0.1) is 0 Å². The molecule has 0 aromatic heterocycles. The van der Waals surface area contributed by atoms with Gasteiger partial charge in [-0.3, -0.25) is 9.59 Å². The minimum Gasteiger partial charge on any atom is -0.352 e. The average molecular weight is 508 g/mol. The molecule has 0 bridgehead atoms. The fourth-order valence-electron chi connectivity index (χ4n) is 3.48. The summed E-state index contributed by atoms with van der Waals surface area (Å²) in [5.41, 5.74) is 1.88. The van der Waals surface area contributed by atoms with E-state index in [1.165, 1.54) is 36.2 Å². The second-order valence-electron chi connectivity index (χ2n) is 8.41. The van der Waals surface area contributed by atoms with Gasteiger partial charge in [-0.2, -0.15) is 4.31 Å². The van der Waals surface area contributed by atoms with Crippen molar-refractivity contribution >= 4 is 33.4 Å². The highest BCUT2D eigenvalue weighted by atomic mass is 35.5. The van der Waals surface area contributed by atoms with E-state index in [4.69, 9.17) is 11.6 Å². The molecular weight excluding hydrogens is 474 g/mol. The van der Waals surface area contributed by atoms with Crippen LogP contribution in [0.15, 0.2) is 53.4 Å². The Morgan fingerprint density at radius 3 is 2.21 bits per heavy atom.